The van der Waals surface area contributed by atoms with Crippen LogP contribution in [0.15, 0.2) is 42.5 Å². The summed E-state index contributed by atoms with van der Waals surface area (Å²) in [6, 6.07) is 7.74. The van der Waals surface area contributed by atoms with E-state index in [0.717, 1.165) is 57.8 Å². The van der Waals surface area contributed by atoms with Crippen LogP contribution in [-0.4, -0.2) is 88.4 Å². The third kappa shape index (κ3) is 17.7. The van der Waals surface area contributed by atoms with E-state index in [1.54, 1.807) is 36.4 Å². The van der Waals surface area contributed by atoms with Crippen molar-refractivity contribution in [2.24, 2.45) is 0 Å². The molecule has 0 spiro atoms. The molecule has 2 rings (SSSR count). The molecule has 0 aliphatic carbocycles. The van der Waals surface area contributed by atoms with E-state index in [4.69, 9.17) is 14.2 Å². The van der Waals surface area contributed by atoms with E-state index in [2.05, 4.69) is 19.2 Å². The summed E-state index contributed by atoms with van der Waals surface area (Å²) in [5.74, 6) is -0.776. The first-order valence-electron chi connectivity index (χ1n) is 19.5. The summed E-state index contributed by atoms with van der Waals surface area (Å²) in [6.07, 6.45) is 16.6. The van der Waals surface area contributed by atoms with Crippen LogP contribution in [0.4, 0.5) is 0 Å². The zero-order chi connectivity index (χ0) is 36.4. The Bertz CT molecular complexity index is 1040. The smallest absolute Gasteiger partial charge is 0.338 e. The second kappa shape index (κ2) is 27.3. The molecule has 1 aliphatic heterocycles. The number of hydrogen-bond donors (Lipinski definition) is 5. The molecule has 1 aromatic rings. The maximum atomic E-state index is 13.3. The van der Waals surface area contributed by atoms with Gasteiger partial charge in [-0.1, -0.05) is 134 Å². The van der Waals surface area contributed by atoms with Gasteiger partial charge in [-0.15, -0.1) is 0 Å². The number of amides is 1. The molecular formula is C40H67NO9. The van der Waals surface area contributed by atoms with Crippen molar-refractivity contribution in [2.45, 2.75) is 179 Å². The van der Waals surface area contributed by atoms with Gasteiger partial charge in [0.2, 0.25) is 5.91 Å². The standard InChI is InChI=1S/C40H67NO9/c1-3-5-7-9-11-12-13-14-15-16-17-19-24-28-35(43)41-32(30-48-40-38(46)37(45)36(44)34(29-42)50-40)33(27-23-18-10-8-6-4-2)49-39(47)31-25-21-20-22-26-31/h20-23,25-27,32-34,36-38,40,42,44-46H,3-19,24,28-30H2,1-2H3,(H,41,43)/t32-,33+,34+,36-,37-,38+,40+/m0/s1. The Balaban J connectivity index is 2.01. The lowest BCUT2D eigenvalue weighted by atomic mass is 9.99. The fraction of sp³-hybridized carbons (Fsp3) is 0.750. The van der Waals surface area contributed by atoms with Crippen molar-refractivity contribution in [3.05, 3.63) is 48.0 Å². The van der Waals surface area contributed by atoms with Crippen LogP contribution in [0, 0.1) is 0 Å². The van der Waals surface area contributed by atoms with Crippen molar-refractivity contribution in [1.82, 2.24) is 5.32 Å². The Labute approximate surface area is 301 Å². The van der Waals surface area contributed by atoms with Crippen LogP contribution in [0.3, 0.4) is 0 Å². The molecule has 1 aliphatic rings. The van der Waals surface area contributed by atoms with E-state index in [0.29, 0.717) is 12.0 Å². The van der Waals surface area contributed by atoms with Crippen molar-refractivity contribution >= 4 is 11.9 Å². The minimum Gasteiger partial charge on any atom is -0.452 e. The highest BCUT2D eigenvalue weighted by Crippen LogP contribution is 2.23. The highest BCUT2D eigenvalue weighted by Gasteiger charge is 2.44. The normalized spacial score (nSPS) is 22.0. The molecule has 5 N–H and O–H groups in total. The van der Waals surface area contributed by atoms with Crippen LogP contribution >= 0.6 is 0 Å². The zero-order valence-electron chi connectivity index (χ0n) is 30.8. The average Bonchev–Trinajstić information content (AvgIpc) is 3.13. The average molecular weight is 706 g/mol. The number of allylic oxidation sites excluding steroid dienone is 1. The number of esters is 1. The number of carbonyl (C=O) groups excluding carboxylic acids is 2. The number of unbranched alkanes of at least 4 members (excludes halogenated alkanes) is 16. The lowest BCUT2D eigenvalue weighted by molar-refractivity contribution is -0.302. The number of aliphatic hydroxyl groups excluding tert-OH is 4. The van der Waals surface area contributed by atoms with E-state index in [-0.39, 0.29) is 12.5 Å². The van der Waals surface area contributed by atoms with E-state index >= 15 is 0 Å². The maximum Gasteiger partial charge on any atom is 0.338 e. The van der Waals surface area contributed by atoms with E-state index in [1.807, 2.05) is 6.08 Å². The van der Waals surface area contributed by atoms with Gasteiger partial charge in [0, 0.05) is 6.42 Å². The maximum absolute atomic E-state index is 13.3. The van der Waals surface area contributed by atoms with Crippen LogP contribution in [0.25, 0.3) is 0 Å². The molecule has 1 saturated heterocycles. The third-order valence-corrected chi connectivity index (χ3v) is 9.34. The van der Waals surface area contributed by atoms with E-state index < -0.39 is 55.4 Å². The molecule has 1 amide bonds. The molecule has 0 unspecified atom stereocenters. The Morgan fingerprint density at radius 2 is 1.34 bits per heavy atom. The van der Waals surface area contributed by atoms with Gasteiger partial charge < -0.3 is 40.0 Å². The summed E-state index contributed by atoms with van der Waals surface area (Å²) in [6.45, 7) is 3.56. The van der Waals surface area contributed by atoms with Gasteiger partial charge in [0.25, 0.3) is 0 Å². The number of ether oxygens (including phenoxy) is 3. The zero-order valence-corrected chi connectivity index (χ0v) is 30.8. The summed E-state index contributed by atoms with van der Waals surface area (Å²) < 4.78 is 17.3. The van der Waals surface area contributed by atoms with Crippen molar-refractivity contribution < 1.29 is 44.2 Å². The Morgan fingerprint density at radius 1 is 0.780 bits per heavy atom. The Morgan fingerprint density at radius 3 is 1.92 bits per heavy atom. The Hall–Kier alpha value is -2.34. The first-order valence-corrected chi connectivity index (χ1v) is 19.5. The summed E-state index contributed by atoms with van der Waals surface area (Å²) in [5.41, 5.74) is 0.362. The minimum absolute atomic E-state index is 0.215. The highest BCUT2D eigenvalue weighted by molar-refractivity contribution is 5.89. The molecule has 10 heteroatoms. The van der Waals surface area contributed by atoms with Crippen molar-refractivity contribution in [3.8, 4) is 0 Å². The fourth-order valence-electron chi connectivity index (χ4n) is 6.15. The predicted molar refractivity (Wildman–Crippen MR) is 196 cm³/mol. The van der Waals surface area contributed by atoms with Gasteiger partial charge in [-0.3, -0.25) is 4.79 Å². The van der Waals surface area contributed by atoms with Crippen molar-refractivity contribution in [3.63, 3.8) is 0 Å². The van der Waals surface area contributed by atoms with Gasteiger partial charge in [0.05, 0.1) is 24.8 Å². The van der Waals surface area contributed by atoms with Crippen LogP contribution in [0.1, 0.15) is 146 Å². The van der Waals surface area contributed by atoms with Crippen LogP contribution in [0.5, 0.6) is 0 Å². The van der Waals surface area contributed by atoms with Crippen molar-refractivity contribution in [2.75, 3.05) is 13.2 Å². The number of aliphatic hydroxyl groups is 4. The molecule has 1 fully saturated rings. The molecule has 7 atom stereocenters. The molecule has 0 saturated carbocycles. The number of nitrogens with one attached hydrogen (secondary N) is 1. The fourth-order valence-corrected chi connectivity index (χ4v) is 6.15. The molecule has 50 heavy (non-hydrogen) atoms. The van der Waals surface area contributed by atoms with Crippen LogP contribution in [0.2, 0.25) is 0 Å². The number of benzene rings is 1. The molecule has 0 aromatic heterocycles. The molecule has 1 aromatic carbocycles. The summed E-state index contributed by atoms with van der Waals surface area (Å²) in [7, 11) is 0. The Kier molecular flexibility index (Phi) is 24.0. The van der Waals surface area contributed by atoms with Crippen LogP contribution in [-0.2, 0) is 19.0 Å². The number of hydrogen-bond acceptors (Lipinski definition) is 9. The van der Waals surface area contributed by atoms with E-state index in [9.17, 15) is 30.0 Å². The lowest BCUT2D eigenvalue weighted by Gasteiger charge is -2.40. The second-order valence-electron chi connectivity index (χ2n) is 13.7. The van der Waals surface area contributed by atoms with Gasteiger partial charge in [-0.2, -0.15) is 0 Å². The summed E-state index contributed by atoms with van der Waals surface area (Å²) in [4.78, 5) is 26.4. The first-order chi connectivity index (χ1) is 24.3. The van der Waals surface area contributed by atoms with Gasteiger partial charge in [-0.05, 0) is 37.5 Å². The van der Waals surface area contributed by atoms with Crippen LogP contribution < -0.4 is 5.32 Å². The quantitative estimate of drug-likeness (QED) is 0.0372. The minimum atomic E-state index is -1.61. The first kappa shape index (κ1) is 43.8. The predicted octanol–water partition coefficient (Wildman–Crippen LogP) is 6.52. The number of rotatable bonds is 28. The van der Waals surface area contributed by atoms with E-state index in [1.165, 1.54) is 57.8 Å². The monoisotopic (exact) mass is 705 g/mol. The molecular weight excluding hydrogens is 638 g/mol. The summed E-state index contributed by atoms with van der Waals surface area (Å²) in [5, 5.41) is 43.6. The molecule has 0 radical (unpaired) electrons. The topological polar surface area (TPSA) is 155 Å². The second-order valence-corrected chi connectivity index (χ2v) is 13.7. The SMILES string of the molecule is CCCCCCC=C[C@@H](OC(=O)c1ccccc1)[C@H](CO[C@@H]1O[C@H](CO)[C@H](O)[C@H](O)[C@H]1O)NC(=O)CCCCCCCCCCCCCCC. The van der Waals surface area contributed by atoms with Gasteiger partial charge in [0.15, 0.2) is 6.29 Å². The molecule has 286 valence electrons. The summed E-state index contributed by atoms with van der Waals surface area (Å²) >= 11 is 0. The number of carbonyl (C=O) groups is 2. The lowest BCUT2D eigenvalue weighted by Crippen LogP contribution is -2.60. The van der Waals surface area contributed by atoms with Gasteiger partial charge in [0.1, 0.15) is 30.5 Å². The van der Waals surface area contributed by atoms with Crippen molar-refractivity contribution in [1.29, 1.82) is 0 Å². The molecule has 0 bridgehead atoms. The highest BCUT2D eigenvalue weighted by atomic mass is 16.7. The largest absolute Gasteiger partial charge is 0.452 e. The van der Waals surface area contributed by atoms with Gasteiger partial charge >= 0.3 is 5.97 Å². The molecule has 10 nitrogen and oxygen atoms in total. The molecule has 1 heterocycles. The third-order valence-electron chi connectivity index (χ3n) is 9.34. The van der Waals surface area contributed by atoms with Gasteiger partial charge in [-0.25, -0.2) is 4.79 Å².